The van der Waals surface area contributed by atoms with Crippen LogP contribution in [0.25, 0.3) is 55.6 Å². The Morgan fingerprint density at radius 3 is 0.833 bits per heavy atom. The van der Waals surface area contributed by atoms with Gasteiger partial charge in [0, 0.05) is 45.3 Å². The molecule has 0 aliphatic carbocycles. The lowest BCUT2D eigenvalue weighted by molar-refractivity contribution is 1.27. The molecular formula is C44H28N8S2. The monoisotopic (exact) mass is 732 g/mol. The Balaban J connectivity index is 1.14. The second kappa shape index (κ2) is 13.6. The summed E-state index contributed by atoms with van der Waals surface area (Å²) in [5.41, 5.74) is 13.8. The summed E-state index contributed by atoms with van der Waals surface area (Å²) in [5.74, 6) is 0. The molecule has 10 aromatic rings. The molecule has 54 heavy (non-hydrogen) atoms. The Hall–Kier alpha value is -6.88. The summed E-state index contributed by atoms with van der Waals surface area (Å²) in [4.78, 5) is 15.2. The topological polar surface area (TPSA) is 83.8 Å². The maximum absolute atomic E-state index is 5.35. The summed E-state index contributed by atoms with van der Waals surface area (Å²) >= 11 is 2.30. The van der Waals surface area contributed by atoms with Crippen molar-refractivity contribution in [2.75, 3.05) is 9.80 Å². The summed E-state index contributed by atoms with van der Waals surface area (Å²) in [6.45, 7) is 0. The molecule has 3 heterocycles. The van der Waals surface area contributed by atoms with Gasteiger partial charge in [0.2, 0.25) is 0 Å². The van der Waals surface area contributed by atoms with E-state index >= 15 is 0 Å². The lowest BCUT2D eigenvalue weighted by Crippen LogP contribution is -2.09. The van der Waals surface area contributed by atoms with Crippen LogP contribution in [0.2, 0.25) is 0 Å². The Morgan fingerprint density at radius 2 is 0.537 bits per heavy atom. The Bertz CT molecular complexity index is 2590. The van der Waals surface area contributed by atoms with Crippen molar-refractivity contribution in [1.82, 2.24) is 27.5 Å². The van der Waals surface area contributed by atoms with Crippen molar-refractivity contribution < 1.29 is 0 Å². The maximum Gasteiger partial charge on any atom is 0.136 e. The van der Waals surface area contributed by atoms with E-state index < -0.39 is 0 Å². The highest BCUT2D eigenvalue weighted by atomic mass is 32.1. The van der Waals surface area contributed by atoms with Gasteiger partial charge in [-0.25, -0.2) is 9.97 Å². The van der Waals surface area contributed by atoms with E-state index in [1.165, 1.54) is 0 Å². The highest BCUT2D eigenvalue weighted by molar-refractivity contribution is 7.01. The Morgan fingerprint density at radius 1 is 0.278 bits per heavy atom. The van der Waals surface area contributed by atoms with Crippen molar-refractivity contribution in [2.45, 2.75) is 0 Å². The SMILES string of the molecule is c1ccc(N(c2ccccc2)c2ccc(-c3nc4c5nsnc5c5nsnc5c4nc3-c3ccc(N(c4ccccc4)c4ccccc4)cc3)cc2)cc1. The molecule has 0 unspecified atom stereocenters. The van der Waals surface area contributed by atoms with Crippen molar-refractivity contribution in [3.05, 3.63) is 170 Å². The number of aromatic nitrogens is 6. The molecule has 0 aliphatic heterocycles. The smallest absolute Gasteiger partial charge is 0.136 e. The van der Waals surface area contributed by atoms with Gasteiger partial charge < -0.3 is 9.80 Å². The van der Waals surface area contributed by atoms with E-state index in [1.54, 1.807) is 0 Å². The molecule has 3 aromatic heterocycles. The summed E-state index contributed by atoms with van der Waals surface area (Å²) < 4.78 is 18.5. The normalized spacial score (nSPS) is 11.3. The minimum atomic E-state index is 0.660. The third kappa shape index (κ3) is 5.61. The fraction of sp³-hybridized carbons (Fsp3) is 0. The van der Waals surface area contributed by atoms with Gasteiger partial charge in [0.1, 0.15) is 33.1 Å². The number of nitrogens with zero attached hydrogens (tertiary/aromatic N) is 8. The molecule has 7 aromatic carbocycles. The van der Waals surface area contributed by atoms with Crippen LogP contribution in [-0.4, -0.2) is 27.5 Å². The van der Waals surface area contributed by atoms with E-state index in [0.717, 1.165) is 80.1 Å². The predicted molar refractivity (Wildman–Crippen MR) is 222 cm³/mol. The number of fused-ring (bicyclic) bond motifs is 6. The van der Waals surface area contributed by atoms with Crippen LogP contribution in [0.3, 0.4) is 0 Å². The van der Waals surface area contributed by atoms with Crippen LogP contribution >= 0.6 is 23.5 Å². The van der Waals surface area contributed by atoms with Crippen LogP contribution in [0.4, 0.5) is 34.1 Å². The summed E-state index contributed by atoms with van der Waals surface area (Å²) in [7, 11) is 0. The fourth-order valence-electron chi connectivity index (χ4n) is 6.91. The first-order valence-electron chi connectivity index (χ1n) is 17.4. The molecule has 256 valence electrons. The zero-order valence-electron chi connectivity index (χ0n) is 28.6. The van der Waals surface area contributed by atoms with Crippen molar-refractivity contribution in [3.63, 3.8) is 0 Å². The van der Waals surface area contributed by atoms with Gasteiger partial charge in [0.05, 0.1) is 34.8 Å². The third-order valence-electron chi connectivity index (χ3n) is 9.40. The first-order chi connectivity index (χ1) is 26.8. The van der Waals surface area contributed by atoms with E-state index in [9.17, 15) is 0 Å². The van der Waals surface area contributed by atoms with E-state index in [0.29, 0.717) is 33.1 Å². The molecule has 0 fully saturated rings. The highest BCUT2D eigenvalue weighted by Gasteiger charge is 2.23. The van der Waals surface area contributed by atoms with Crippen LogP contribution < -0.4 is 9.80 Å². The van der Waals surface area contributed by atoms with Gasteiger partial charge in [-0.1, -0.05) is 97.1 Å². The molecular weight excluding hydrogens is 705 g/mol. The minimum Gasteiger partial charge on any atom is -0.311 e. The molecule has 0 N–H and O–H groups in total. The first-order valence-corrected chi connectivity index (χ1v) is 18.9. The highest BCUT2D eigenvalue weighted by Crippen LogP contribution is 2.41. The van der Waals surface area contributed by atoms with Gasteiger partial charge in [-0.15, -0.1) is 0 Å². The molecule has 0 atom stereocenters. The number of benzene rings is 7. The molecule has 0 aliphatic rings. The average molecular weight is 733 g/mol. The fourth-order valence-corrected chi connectivity index (χ4v) is 8.01. The molecule has 0 spiro atoms. The van der Waals surface area contributed by atoms with Gasteiger partial charge in [-0.3, -0.25) is 0 Å². The van der Waals surface area contributed by atoms with Gasteiger partial charge >= 0.3 is 0 Å². The van der Waals surface area contributed by atoms with Gasteiger partial charge in [0.25, 0.3) is 0 Å². The lowest BCUT2D eigenvalue weighted by Gasteiger charge is -2.26. The van der Waals surface area contributed by atoms with Crippen molar-refractivity contribution in [2.24, 2.45) is 0 Å². The molecule has 0 radical (unpaired) electrons. The molecule has 10 heteroatoms. The van der Waals surface area contributed by atoms with E-state index in [4.69, 9.17) is 9.97 Å². The van der Waals surface area contributed by atoms with Crippen molar-refractivity contribution in [1.29, 1.82) is 0 Å². The van der Waals surface area contributed by atoms with E-state index in [2.05, 4.69) is 173 Å². The predicted octanol–water partition coefficient (Wildman–Crippen LogP) is 11.9. The van der Waals surface area contributed by atoms with Gasteiger partial charge in [-0.05, 0) is 72.8 Å². The van der Waals surface area contributed by atoms with E-state index in [1.807, 2.05) is 24.3 Å². The lowest BCUT2D eigenvalue weighted by atomic mass is 10.0. The van der Waals surface area contributed by atoms with Crippen molar-refractivity contribution in [3.8, 4) is 22.5 Å². The third-order valence-corrected chi connectivity index (χ3v) is 10.5. The molecule has 0 amide bonds. The zero-order chi connectivity index (χ0) is 35.8. The Kier molecular flexibility index (Phi) is 8.01. The van der Waals surface area contributed by atoms with Crippen LogP contribution in [0.5, 0.6) is 0 Å². The van der Waals surface area contributed by atoms with Crippen LogP contribution in [0.15, 0.2) is 170 Å². The summed E-state index contributed by atoms with van der Waals surface area (Å²) in [6.07, 6.45) is 0. The van der Waals surface area contributed by atoms with E-state index in [-0.39, 0.29) is 0 Å². The number of anilines is 6. The zero-order valence-corrected chi connectivity index (χ0v) is 30.2. The average Bonchev–Trinajstić information content (AvgIpc) is 3.94. The second-order valence-corrected chi connectivity index (χ2v) is 13.7. The first kappa shape index (κ1) is 31.8. The standard InChI is InChI=1S/C44H28N8S2/c1-5-13-31(14-6-1)51(32-15-7-2-8-16-32)35-25-21-29(22-26-35)37-38(46-40-39(45-37)41-43(49-53-47-41)44-42(40)48-54-50-44)30-23-27-36(28-24-30)52(33-17-9-3-10-18-33)34-19-11-4-12-20-34/h1-28H. The van der Waals surface area contributed by atoms with Crippen LogP contribution in [-0.2, 0) is 0 Å². The maximum atomic E-state index is 5.35. The number of para-hydroxylation sites is 4. The molecule has 8 nitrogen and oxygen atoms in total. The number of rotatable bonds is 8. The Labute approximate surface area is 319 Å². The summed E-state index contributed by atoms with van der Waals surface area (Å²) in [6, 6.07) is 58.6. The quantitative estimate of drug-likeness (QED) is 0.153. The van der Waals surface area contributed by atoms with Gasteiger partial charge in [-0.2, -0.15) is 17.5 Å². The largest absolute Gasteiger partial charge is 0.311 e. The van der Waals surface area contributed by atoms with Gasteiger partial charge in [0.15, 0.2) is 0 Å². The van der Waals surface area contributed by atoms with Crippen LogP contribution in [0.1, 0.15) is 0 Å². The summed E-state index contributed by atoms with van der Waals surface area (Å²) in [5, 5.41) is 0. The van der Waals surface area contributed by atoms with Crippen molar-refractivity contribution >= 4 is 90.7 Å². The molecule has 10 rings (SSSR count). The molecule has 0 saturated carbocycles. The van der Waals surface area contributed by atoms with Crippen LogP contribution in [0, 0.1) is 0 Å². The number of hydrogen-bond acceptors (Lipinski definition) is 10. The number of hydrogen-bond donors (Lipinski definition) is 0. The minimum absolute atomic E-state index is 0.660. The molecule has 0 bridgehead atoms. The second-order valence-electron chi connectivity index (χ2n) is 12.6. The molecule has 0 saturated heterocycles.